The summed E-state index contributed by atoms with van der Waals surface area (Å²) in [5.41, 5.74) is 0.813. The second-order valence-corrected chi connectivity index (χ2v) is 9.71. The fourth-order valence-corrected chi connectivity index (χ4v) is 7.39. The second kappa shape index (κ2) is 6.04. The van der Waals surface area contributed by atoms with Crippen LogP contribution in [0.25, 0.3) is 0 Å². The van der Waals surface area contributed by atoms with Crippen LogP contribution in [-0.4, -0.2) is 17.8 Å². The number of carbonyl (C=O) groups is 1. The number of hydrogen-bond acceptors (Lipinski definition) is 1. The van der Waals surface area contributed by atoms with Crippen molar-refractivity contribution in [3.8, 4) is 0 Å². The lowest BCUT2D eigenvalue weighted by molar-refractivity contribution is -0.122. The first-order chi connectivity index (χ1) is 11.5. The molecule has 4 aliphatic rings. The molecule has 2 nitrogen and oxygen atoms in total. The smallest absolute Gasteiger partial charge is 0.235 e. The minimum Gasteiger partial charge on any atom is -0.352 e. The Morgan fingerprint density at radius 2 is 1.88 bits per heavy atom. The molecule has 0 heterocycles. The first-order valence-electron chi connectivity index (χ1n) is 9.99. The summed E-state index contributed by atoms with van der Waals surface area (Å²) in [5, 5.41) is 3.25. The van der Waals surface area contributed by atoms with Crippen LogP contribution in [0.15, 0.2) is 12.2 Å². The standard InChI is InChI=1S/C21H32ClNO/c1-20-11-4-3-5-14(20)6-7-15-16-8-9-18(23-19(24)13-22)21(16,2)12-10-17(15)20/h3-4,14-18H,5-13H2,1-2H3,(H,23,24)/t14-,15+,16+,17+,18+,20+,21+/m1/s1. The monoisotopic (exact) mass is 349 g/mol. The van der Waals surface area contributed by atoms with Gasteiger partial charge in [0.1, 0.15) is 5.88 Å². The molecule has 134 valence electrons. The summed E-state index contributed by atoms with van der Waals surface area (Å²) in [7, 11) is 0. The topological polar surface area (TPSA) is 29.1 Å². The number of nitrogens with one attached hydrogen (secondary N) is 1. The molecule has 0 radical (unpaired) electrons. The predicted molar refractivity (Wildman–Crippen MR) is 98.9 cm³/mol. The summed E-state index contributed by atoms with van der Waals surface area (Å²) < 4.78 is 0. The van der Waals surface area contributed by atoms with Gasteiger partial charge in [0.25, 0.3) is 0 Å². The van der Waals surface area contributed by atoms with Crippen molar-refractivity contribution in [1.29, 1.82) is 0 Å². The molecule has 0 unspecified atom stereocenters. The lowest BCUT2D eigenvalue weighted by Crippen LogP contribution is -2.55. The lowest BCUT2D eigenvalue weighted by atomic mass is 9.46. The van der Waals surface area contributed by atoms with E-state index in [2.05, 4.69) is 31.3 Å². The van der Waals surface area contributed by atoms with E-state index in [0.717, 1.165) is 30.1 Å². The van der Waals surface area contributed by atoms with Crippen LogP contribution in [-0.2, 0) is 4.79 Å². The molecule has 24 heavy (non-hydrogen) atoms. The molecule has 0 aliphatic heterocycles. The summed E-state index contributed by atoms with van der Waals surface area (Å²) in [6, 6.07) is 0.339. The zero-order valence-electron chi connectivity index (χ0n) is 15.2. The highest BCUT2D eigenvalue weighted by molar-refractivity contribution is 6.27. The van der Waals surface area contributed by atoms with Gasteiger partial charge in [-0.2, -0.15) is 0 Å². The van der Waals surface area contributed by atoms with Gasteiger partial charge in [0.2, 0.25) is 5.91 Å². The van der Waals surface area contributed by atoms with Crippen molar-refractivity contribution < 1.29 is 4.79 Å². The van der Waals surface area contributed by atoms with E-state index in [1.165, 1.54) is 44.9 Å². The molecule has 0 spiro atoms. The molecule has 7 atom stereocenters. The molecule has 0 aromatic heterocycles. The maximum absolute atomic E-state index is 11.9. The molecule has 0 bridgehead atoms. The van der Waals surface area contributed by atoms with Crippen LogP contribution < -0.4 is 5.32 Å². The van der Waals surface area contributed by atoms with Crippen molar-refractivity contribution in [3.05, 3.63) is 12.2 Å². The number of amides is 1. The fourth-order valence-electron chi connectivity index (χ4n) is 7.31. The SMILES string of the molecule is C[C@]12CC=CC[C@@H]1CC[C@@H]1[C@@H]2CC[C@]2(C)[C@@H](NC(=O)CCl)CC[C@@H]12. The number of halogens is 1. The molecule has 4 aliphatic carbocycles. The minimum absolute atomic E-state index is 0.0127. The Balaban J connectivity index is 1.57. The molecule has 3 heteroatoms. The summed E-state index contributed by atoms with van der Waals surface area (Å²) in [5.74, 6) is 3.56. The van der Waals surface area contributed by atoms with Crippen LogP contribution in [0.4, 0.5) is 0 Å². The van der Waals surface area contributed by atoms with E-state index < -0.39 is 0 Å². The second-order valence-electron chi connectivity index (χ2n) is 9.44. The predicted octanol–water partition coefficient (Wildman–Crippen LogP) is 4.92. The largest absolute Gasteiger partial charge is 0.352 e. The van der Waals surface area contributed by atoms with Crippen LogP contribution in [0.1, 0.15) is 65.2 Å². The van der Waals surface area contributed by atoms with Crippen molar-refractivity contribution in [2.24, 2.45) is 34.5 Å². The molecule has 1 amide bonds. The van der Waals surface area contributed by atoms with Gasteiger partial charge >= 0.3 is 0 Å². The van der Waals surface area contributed by atoms with E-state index in [9.17, 15) is 4.79 Å². The van der Waals surface area contributed by atoms with E-state index in [1.807, 2.05) is 0 Å². The van der Waals surface area contributed by atoms with Gasteiger partial charge in [-0.25, -0.2) is 0 Å². The van der Waals surface area contributed by atoms with E-state index >= 15 is 0 Å². The number of hydrogen-bond donors (Lipinski definition) is 1. The fraction of sp³-hybridized carbons (Fsp3) is 0.857. The Morgan fingerprint density at radius 3 is 2.67 bits per heavy atom. The van der Waals surface area contributed by atoms with Gasteiger partial charge in [0.15, 0.2) is 0 Å². The van der Waals surface area contributed by atoms with Gasteiger partial charge in [-0.1, -0.05) is 26.0 Å². The zero-order chi connectivity index (χ0) is 16.9. The first kappa shape index (κ1) is 16.9. The third-order valence-electron chi connectivity index (χ3n) is 8.67. The maximum Gasteiger partial charge on any atom is 0.235 e. The van der Waals surface area contributed by atoms with E-state index in [-0.39, 0.29) is 17.2 Å². The number of allylic oxidation sites excluding steroid dienone is 2. The number of rotatable bonds is 2. The highest BCUT2D eigenvalue weighted by Gasteiger charge is 2.59. The quantitative estimate of drug-likeness (QED) is 0.556. The van der Waals surface area contributed by atoms with Gasteiger partial charge < -0.3 is 5.32 Å². The molecular formula is C21H32ClNO. The van der Waals surface area contributed by atoms with Gasteiger partial charge in [-0.05, 0) is 85.9 Å². The number of carbonyl (C=O) groups excluding carboxylic acids is 1. The van der Waals surface area contributed by atoms with E-state index in [0.29, 0.717) is 11.5 Å². The van der Waals surface area contributed by atoms with Crippen LogP contribution in [0.3, 0.4) is 0 Å². The third-order valence-corrected chi connectivity index (χ3v) is 8.91. The highest BCUT2D eigenvalue weighted by Crippen LogP contribution is 2.65. The van der Waals surface area contributed by atoms with Gasteiger partial charge in [0.05, 0.1) is 0 Å². The Bertz CT molecular complexity index is 546. The molecule has 0 saturated heterocycles. The van der Waals surface area contributed by atoms with Crippen LogP contribution >= 0.6 is 11.6 Å². The average Bonchev–Trinajstić information content (AvgIpc) is 2.91. The molecule has 3 saturated carbocycles. The molecule has 1 N–H and O–H groups in total. The van der Waals surface area contributed by atoms with Crippen molar-refractivity contribution in [2.45, 2.75) is 71.3 Å². The minimum atomic E-state index is 0.0127. The molecule has 4 rings (SSSR count). The third kappa shape index (κ3) is 2.39. The van der Waals surface area contributed by atoms with Gasteiger partial charge in [0, 0.05) is 6.04 Å². The van der Waals surface area contributed by atoms with E-state index in [1.54, 1.807) is 0 Å². The van der Waals surface area contributed by atoms with Crippen molar-refractivity contribution >= 4 is 17.5 Å². The van der Waals surface area contributed by atoms with Crippen LogP contribution in [0, 0.1) is 34.5 Å². The summed E-state index contributed by atoms with van der Waals surface area (Å²) in [6.07, 6.45) is 15.4. The Labute approximate surface area is 151 Å². The Hall–Kier alpha value is -0.500. The summed E-state index contributed by atoms with van der Waals surface area (Å²) >= 11 is 5.74. The number of fused-ring (bicyclic) bond motifs is 5. The Morgan fingerprint density at radius 1 is 1.08 bits per heavy atom. The molecule has 0 aromatic carbocycles. The maximum atomic E-state index is 11.9. The number of alkyl halides is 1. The first-order valence-corrected chi connectivity index (χ1v) is 10.5. The molecular weight excluding hydrogens is 318 g/mol. The van der Waals surface area contributed by atoms with Gasteiger partial charge in [-0.15, -0.1) is 11.6 Å². The lowest BCUT2D eigenvalue weighted by Gasteiger charge is -2.59. The summed E-state index contributed by atoms with van der Waals surface area (Å²) in [6.45, 7) is 5.04. The molecule has 0 aromatic rings. The van der Waals surface area contributed by atoms with Crippen molar-refractivity contribution in [2.75, 3.05) is 5.88 Å². The van der Waals surface area contributed by atoms with Crippen LogP contribution in [0.2, 0.25) is 0 Å². The summed E-state index contributed by atoms with van der Waals surface area (Å²) in [4.78, 5) is 11.9. The van der Waals surface area contributed by atoms with Crippen molar-refractivity contribution in [3.63, 3.8) is 0 Å². The van der Waals surface area contributed by atoms with Crippen LogP contribution in [0.5, 0.6) is 0 Å². The van der Waals surface area contributed by atoms with Gasteiger partial charge in [-0.3, -0.25) is 4.79 Å². The highest BCUT2D eigenvalue weighted by atomic mass is 35.5. The van der Waals surface area contributed by atoms with Crippen molar-refractivity contribution in [1.82, 2.24) is 5.32 Å². The zero-order valence-corrected chi connectivity index (χ0v) is 15.9. The Kier molecular flexibility index (Phi) is 4.26. The normalized spacial score (nSPS) is 49.9. The van der Waals surface area contributed by atoms with E-state index in [4.69, 9.17) is 11.6 Å². The molecule has 3 fully saturated rings. The average molecular weight is 350 g/mol.